The molecule has 0 saturated carbocycles. The van der Waals surface area contributed by atoms with Crippen LogP contribution in [-0.2, 0) is 14.4 Å². The summed E-state index contributed by atoms with van der Waals surface area (Å²) >= 11 is 0. The Morgan fingerprint density at radius 1 is 0.812 bits per heavy atom. The highest BCUT2D eigenvalue weighted by Crippen LogP contribution is 2.21. The Kier molecular flexibility index (Phi) is 14.2. The molecule has 6 nitrogen and oxygen atoms in total. The SMILES string of the molecule is CCCCCCCCCCCCCCCC(=O)ONc1ccc(OC(C)(C)C(=O)O)cc1. The molecule has 0 aliphatic carbocycles. The lowest BCUT2D eigenvalue weighted by Crippen LogP contribution is -2.37. The van der Waals surface area contributed by atoms with E-state index in [9.17, 15) is 9.59 Å². The quantitative estimate of drug-likeness (QED) is 0.170. The summed E-state index contributed by atoms with van der Waals surface area (Å²) in [6, 6.07) is 6.61. The third kappa shape index (κ3) is 13.2. The van der Waals surface area contributed by atoms with Crippen LogP contribution in [0.25, 0.3) is 0 Å². The second-order valence-electron chi connectivity index (χ2n) is 9.01. The van der Waals surface area contributed by atoms with Gasteiger partial charge < -0.3 is 14.7 Å². The molecule has 1 aromatic carbocycles. The maximum Gasteiger partial charge on any atom is 0.347 e. The van der Waals surface area contributed by atoms with Crippen LogP contribution >= 0.6 is 0 Å². The van der Waals surface area contributed by atoms with Crippen molar-refractivity contribution in [1.82, 2.24) is 0 Å². The highest BCUT2D eigenvalue weighted by Gasteiger charge is 2.29. The van der Waals surface area contributed by atoms with Gasteiger partial charge in [0.2, 0.25) is 0 Å². The standard InChI is InChI=1S/C26H43NO5/c1-4-5-6-7-8-9-10-11-12-13-14-15-16-17-24(28)32-27-22-18-20-23(21-19-22)31-26(2,3)25(29)30/h18-21,27H,4-17H2,1-3H3,(H,29,30). The number of hydrogen-bond acceptors (Lipinski definition) is 5. The van der Waals surface area contributed by atoms with Crippen molar-refractivity contribution in [3.63, 3.8) is 0 Å². The zero-order chi connectivity index (χ0) is 23.7. The van der Waals surface area contributed by atoms with Crippen LogP contribution in [0.1, 0.15) is 111 Å². The van der Waals surface area contributed by atoms with Gasteiger partial charge in [0.25, 0.3) is 0 Å². The lowest BCUT2D eigenvalue weighted by atomic mass is 10.0. The highest BCUT2D eigenvalue weighted by atomic mass is 16.7. The smallest absolute Gasteiger partial charge is 0.347 e. The Bertz CT molecular complexity index is 642. The molecule has 0 spiro atoms. The van der Waals surface area contributed by atoms with Gasteiger partial charge in [-0.25, -0.2) is 15.1 Å². The third-order valence-electron chi connectivity index (χ3n) is 5.51. The number of rotatable bonds is 19. The van der Waals surface area contributed by atoms with Crippen LogP contribution in [-0.4, -0.2) is 22.6 Å². The zero-order valence-electron chi connectivity index (χ0n) is 20.3. The summed E-state index contributed by atoms with van der Waals surface area (Å²) in [6.45, 7) is 5.23. The number of carbonyl (C=O) groups is 2. The number of nitrogens with one attached hydrogen (secondary N) is 1. The molecule has 0 aliphatic rings. The first kappa shape index (κ1) is 27.8. The van der Waals surface area contributed by atoms with Crippen LogP contribution in [0, 0.1) is 0 Å². The molecule has 0 saturated heterocycles. The number of aliphatic carboxylic acids is 1. The number of hydrogen-bond donors (Lipinski definition) is 2. The maximum atomic E-state index is 11.9. The van der Waals surface area contributed by atoms with Gasteiger partial charge in [0.05, 0.1) is 5.69 Å². The van der Waals surface area contributed by atoms with Crippen LogP contribution in [0.15, 0.2) is 24.3 Å². The lowest BCUT2D eigenvalue weighted by molar-refractivity contribution is -0.152. The van der Waals surface area contributed by atoms with Crippen molar-refractivity contribution in [2.75, 3.05) is 5.48 Å². The largest absolute Gasteiger partial charge is 0.478 e. The van der Waals surface area contributed by atoms with Crippen molar-refractivity contribution in [2.45, 2.75) is 116 Å². The van der Waals surface area contributed by atoms with Crippen LogP contribution in [0.3, 0.4) is 0 Å². The van der Waals surface area contributed by atoms with E-state index in [4.69, 9.17) is 14.7 Å². The van der Waals surface area contributed by atoms with Crippen LogP contribution in [0.4, 0.5) is 5.69 Å². The highest BCUT2D eigenvalue weighted by molar-refractivity contribution is 5.76. The minimum atomic E-state index is -1.31. The fourth-order valence-corrected chi connectivity index (χ4v) is 3.38. The number of ether oxygens (including phenoxy) is 1. The van der Waals surface area contributed by atoms with E-state index >= 15 is 0 Å². The molecule has 0 fully saturated rings. The van der Waals surface area contributed by atoms with Gasteiger partial charge in [-0.2, -0.15) is 0 Å². The molecule has 6 heteroatoms. The number of carboxylic acid groups (broad SMARTS) is 1. The molecule has 0 amide bonds. The first-order chi connectivity index (χ1) is 15.3. The molecule has 2 N–H and O–H groups in total. The molecule has 0 radical (unpaired) electrons. The predicted octanol–water partition coefficient (Wildman–Crippen LogP) is 7.28. The summed E-state index contributed by atoms with van der Waals surface area (Å²) in [6.07, 6.45) is 16.9. The van der Waals surface area contributed by atoms with Crippen molar-refractivity contribution in [1.29, 1.82) is 0 Å². The van der Waals surface area contributed by atoms with E-state index in [-0.39, 0.29) is 5.97 Å². The Morgan fingerprint density at radius 3 is 1.75 bits per heavy atom. The van der Waals surface area contributed by atoms with E-state index in [2.05, 4.69) is 12.4 Å². The summed E-state index contributed by atoms with van der Waals surface area (Å²) in [5, 5.41) is 9.10. The van der Waals surface area contributed by atoms with Gasteiger partial charge in [0.15, 0.2) is 5.60 Å². The number of benzene rings is 1. The van der Waals surface area contributed by atoms with E-state index in [0.29, 0.717) is 17.9 Å². The van der Waals surface area contributed by atoms with E-state index in [1.165, 1.54) is 84.5 Å². The molecule has 0 heterocycles. The number of carbonyl (C=O) groups excluding carboxylic acids is 1. The van der Waals surface area contributed by atoms with Crippen molar-refractivity contribution in [2.24, 2.45) is 0 Å². The van der Waals surface area contributed by atoms with Crippen molar-refractivity contribution in [3.05, 3.63) is 24.3 Å². The van der Waals surface area contributed by atoms with E-state index in [1.54, 1.807) is 24.3 Å². The van der Waals surface area contributed by atoms with Gasteiger partial charge in [0.1, 0.15) is 5.75 Å². The number of anilines is 1. The number of unbranched alkanes of at least 4 members (excludes halogenated alkanes) is 12. The second kappa shape index (κ2) is 16.4. The zero-order valence-corrected chi connectivity index (χ0v) is 20.3. The summed E-state index contributed by atoms with van der Waals surface area (Å²) in [5.41, 5.74) is 1.92. The van der Waals surface area contributed by atoms with E-state index in [0.717, 1.165) is 12.8 Å². The first-order valence-electron chi connectivity index (χ1n) is 12.3. The topological polar surface area (TPSA) is 84.9 Å². The molecule has 1 aromatic rings. The molecule has 182 valence electrons. The Balaban J connectivity index is 2.02. The molecule has 0 aromatic heterocycles. The van der Waals surface area contributed by atoms with Gasteiger partial charge >= 0.3 is 11.9 Å². The predicted molar refractivity (Wildman–Crippen MR) is 129 cm³/mol. The Hall–Kier alpha value is -2.24. The summed E-state index contributed by atoms with van der Waals surface area (Å²) in [4.78, 5) is 28.1. The van der Waals surface area contributed by atoms with E-state index in [1.807, 2.05) is 0 Å². The fraction of sp³-hybridized carbons (Fsp3) is 0.692. The lowest BCUT2D eigenvalue weighted by Gasteiger charge is -2.21. The van der Waals surface area contributed by atoms with Crippen LogP contribution in [0.2, 0.25) is 0 Å². The Morgan fingerprint density at radius 2 is 1.28 bits per heavy atom. The summed E-state index contributed by atoms with van der Waals surface area (Å²) in [7, 11) is 0. The minimum Gasteiger partial charge on any atom is -0.478 e. The summed E-state index contributed by atoms with van der Waals surface area (Å²) in [5.74, 6) is -0.886. The molecule has 0 aliphatic heterocycles. The van der Waals surface area contributed by atoms with Crippen LogP contribution < -0.4 is 10.2 Å². The molecule has 0 unspecified atom stereocenters. The minimum absolute atomic E-state index is 0.277. The average Bonchev–Trinajstić information content (AvgIpc) is 2.76. The fourth-order valence-electron chi connectivity index (χ4n) is 3.38. The van der Waals surface area contributed by atoms with Crippen LogP contribution in [0.5, 0.6) is 5.75 Å². The molecule has 0 bridgehead atoms. The molecule has 1 rings (SSSR count). The van der Waals surface area contributed by atoms with E-state index < -0.39 is 11.6 Å². The van der Waals surface area contributed by atoms with Gasteiger partial charge in [-0.15, -0.1) is 0 Å². The Labute approximate surface area is 194 Å². The number of carboxylic acids is 1. The molecular weight excluding hydrogens is 406 g/mol. The average molecular weight is 450 g/mol. The summed E-state index contributed by atoms with van der Waals surface area (Å²) < 4.78 is 5.44. The van der Waals surface area contributed by atoms with Gasteiger partial charge in [-0.1, -0.05) is 84.0 Å². The molecule has 0 atom stereocenters. The molecular formula is C26H43NO5. The van der Waals surface area contributed by atoms with Gasteiger partial charge in [-0.3, -0.25) is 0 Å². The first-order valence-corrected chi connectivity index (χ1v) is 12.3. The van der Waals surface area contributed by atoms with Gasteiger partial charge in [0, 0.05) is 6.42 Å². The maximum absolute atomic E-state index is 11.9. The third-order valence-corrected chi connectivity index (χ3v) is 5.51. The van der Waals surface area contributed by atoms with Crippen molar-refractivity contribution >= 4 is 17.6 Å². The van der Waals surface area contributed by atoms with Gasteiger partial charge in [-0.05, 0) is 44.5 Å². The van der Waals surface area contributed by atoms with Crippen molar-refractivity contribution < 1.29 is 24.3 Å². The van der Waals surface area contributed by atoms with Crippen molar-refractivity contribution in [3.8, 4) is 5.75 Å². The second-order valence-corrected chi connectivity index (χ2v) is 9.01. The monoisotopic (exact) mass is 449 g/mol. The normalized spacial score (nSPS) is 11.2. The molecule has 32 heavy (non-hydrogen) atoms.